The third-order valence-electron chi connectivity index (χ3n) is 5.38. The minimum absolute atomic E-state index is 0.0946. The van der Waals surface area contributed by atoms with Crippen molar-refractivity contribution in [1.29, 1.82) is 0 Å². The molecule has 29 heavy (non-hydrogen) atoms. The van der Waals surface area contributed by atoms with E-state index in [-0.39, 0.29) is 17.6 Å². The Morgan fingerprint density at radius 2 is 2.00 bits per heavy atom. The largest absolute Gasteiger partial charge is 0.507 e. The zero-order chi connectivity index (χ0) is 20.4. The Labute approximate surface area is 175 Å². The van der Waals surface area contributed by atoms with Crippen LogP contribution in [0.3, 0.4) is 0 Å². The molecule has 1 N–H and O–H groups in total. The second-order valence-corrected chi connectivity index (χ2v) is 7.41. The number of anilines is 1. The molecular weight excluding hydrogens is 386 g/mol. The first-order valence-electron chi connectivity index (χ1n) is 9.54. The first kappa shape index (κ1) is 19.3. The van der Waals surface area contributed by atoms with Crippen LogP contribution in [0.25, 0.3) is 10.8 Å². The Morgan fingerprint density at radius 1 is 1.24 bits per heavy atom. The molecule has 0 fully saturated rings. The van der Waals surface area contributed by atoms with Gasteiger partial charge in [0.2, 0.25) is 0 Å². The molecule has 0 aromatic heterocycles. The zero-order valence-electron chi connectivity index (χ0n) is 16.1. The predicted molar refractivity (Wildman–Crippen MR) is 117 cm³/mol. The molecule has 3 aromatic carbocycles. The molecular formula is C24H22ClNO3. The molecule has 0 aliphatic carbocycles. The van der Waals surface area contributed by atoms with Gasteiger partial charge in [-0.1, -0.05) is 48.5 Å². The zero-order valence-corrected chi connectivity index (χ0v) is 16.9. The van der Waals surface area contributed by atoms with Crippen molar-refractivity contribution >= 4 is 34.0 Å². The van der Waals surface area contributed by atoms with E-state index in [1.807, 2.05) is 60.7 Å². The molecule has 5 heteroatoms. The fourth-order valence-corrected chi connectivity index (χ4v) is 4.20. The van der Waals surface area contributed by atoms with E-state index in [0.29, 0.717) is 18.8 Å². The number of para-hydroxylation sites is 1. The van der Waals surface area contributed by atoms with Crippen molar-refractivity contribution in [3.63, 3.8) is 0 Å². The van der Waals surface area contributed by atoms with Crippen molar-refractivity contribution in [2.45, 2.75) is 12.3 Å². The van der Waals surface area contributed by atoms with Gasteiger partial charge in [0.1, 0.15) is 11.5 Å². The number of phenols is 1. The third-order valence-corrected chi connectivity index (χ3v) is 5.76. The van der Waals surface area contributed by atoms with Gasteiger partial charge < -0.3 is 14.7 Å². The summed E-state index contributed by atoms with van der Waals surface area (Å²) in [5.41, 5.74) is 2.51. The number of halogens is 1. The van der Waals surface area contributed by atoms with Gasteiger partial charge in [-0.25, -0.2) is 0 Å². The molecule has 0 spiro atoms. The van der Waals surface area contributed by atoms with Gasteiger partial charge in [-0.2, -0.15) is 0 Å². The Hall–Kier alpha value is -2.98. The summed E-state index contributed by atoms with van der Waals surface area (Å²) in [5.74, 6) is 1.14. The van der Waals surface area contributed by atoms with Crippen LogP contribution in [0.15, 0.2) is 66.7 Å². The maximum Gasteiger partial charge on any atom is 0.250 e. The lowest BCUT2D eigenvalue weighted by Gasteiger charge is -2.16. The van der Waals surface area contributed by atoms with Crippen molar-refractivity contribution in [3.05, 3.63) is 77.9 Å². The van der Waals surface area contributed by atoms with Crippen LogP contribution in [-0.4, -0.2) is 30.5 Å². The molecule has 0 radical (unpaired) electrons. The number of benzene rings is 3. The summed E-state index contributed by atoms with van der Waals surface area (Å²) in [4.78, 5) is 14.6. The maximum atomic E-state index is 12.9. The first-order valence-corrected chi connectivity index (χ1v) is 10.1. The number of ether oxygens (including phenoxy) is 1. The first-order chi connectivity index (χ1) is 14.1. The van der Waals surface area contributed by atoms with E-state index in [1.54, 1.807) is 18.1 Å². The number of carbonyl (C=O) groups is 1. The quantitative estimate of drug-likeness (QED) is 0.477. The van der Waals surface area contributed by atoms with Crippen LogP contribution in [0.4, 0.5) is 5.69 Å². The average molecular weight is 408 g/mol. The van der Waals surface area contributed by atoms with Gasteiger partial charge in [0.25, 0.3) is 5.91 Å². The second-order valence-electron chi connectivity index (χ2n) is 7.10. The number of phenolic OH excluding ortho intramolecular Hbond substituents is 1. The molecule has 148 valence electrons. The molecule has 4 rings (SSSR count). The molecule has 0 saturated carbocycles. The molecule has 1 aliphatic rings. The maximum absolute atomic E-state index is 12.9. The van der Waals surface area contributed by atoms with Crippen LogP contribution in [0.2, 0.25) is 0 Å². The highest BCUT2D eigenvalue weighted by Crippen LogP contribution is 2.46. The van der Waals surface area contributed by atoms with Gasteiger partial charge in [0.05, 0.1) is 12.8 Å². The number of allylic oxidation sites excluding steroid dienone is 1. The van der Waals surface area contributed by atoms with E-state index in [2.05, 4.69) is 0 Å². The van der Waals surface area contributed by atoms with Gasteiger partial charge in [-0.05, 0) is 35.6 Å². The van der Waals surface area contributed by atoms with Gasteiger partial charge in [-0.15, -0.1) is 11.6 Å². The summed E-state index contributed by atoms with van der Waals surface area (Å²) in [6, 6.07) is 17.3. The van der Waals surface area contributed by atoms with Crippen LogP contribution in [0.1, 0.15) is 17.0 Å². The molecule has 1 amide bonds. The van der Waals surface area contributed by atoms with Crippen molar-refractivity contribution in [2.75, 3.05) is 24.4 Å². The minimum atomic E-state index is -0.122. The monoisotopic (exact) mass is 407 g/mol. The Kier molecular flexibility index (Phi) is 5.45. The average Bonchev–Trinajstić information content (AvgIpc) is 3.13. The SMILES string of the molecule is COc1ccccc1C/C=C/C(=O)N1CC(CCl)c2c1cc1ccccc1c2O. The van der Waals surface area contributed by atoms with E-state index < -0.39 is 0 Å². The molecule has 4 nitrogen and oxygen atoms in total. The number of rotatable bonds is 5. The lowest BCUT2D eigenvalue weighted by Crippen LogP contribution is -2.28. The number of amides is 1. The summed E-state index contributed by atoms with van der Waals surface area (Å²) in [5, 5.41) is 12.5. The van der Waals surface area contributed by atoms with Gasteiger partial charge in [0, 0.05) is 29.3 Å². The van der Waals surface area contributed by atoms with E-state index >= 15 is 0 Å². The lowest BCUT2D eigenvalue weighted by molar-refractivity contribution is -0.114. The van der Waals surface area contributed by atoms with E-state index in [9.17, 15) is 9.90 Å². The fourth-order valence-electron chi connectivity index (χ4n) is 3.95. The minimum Gasteiger partial charge on any atom is -0.507 e. The molecule has 1 aliphatic heterocycles. The van der Waals surface area contributed by atoms with Crippen LogP contribution in [0, 0.1) is 0 Å². The molecule has 3 aromatic rings. The topological polar surface area (TPSA) is 49.8 Å². The number of alkyl halides is 1. The van der Waals surface area contributed by atoms with Crippen LogP contribution in [0.5, 0.6) is 11.5 Å². The Morgan fingerprint density at radius 3 is 2.79 bits per heavy atom. The van der Waals surface area contributed by atoms with Crippen molar-refractivity contribution < 1.29 is 14.6 Å². The Balaban J connectivity index is 1.62. The van der Waals surface area contributed by atoms with Crippen LogP contribution >= 0.6 is 11.6 Å². The number of aromatic hydroxyl groups is 1. The van der Waals surface area contributed by atoms with E-state index in [0.717, 1.165) is 33.3 Å². The number of carbonyl (C=O) groups excluding carboxylic acids is 1. The normalized spacial score (nSPS) is 15.8. The molecule has 1 heterocycles. The van der Waals surface area contributed by atoms with E-state index in [1.165, 1.54) is 0 Å². The summed E-state index contributed by atoms with van der Waals surface area (Å²) in [6.07, 6.45) is 4.02. The van der Waals surface area contributed by atoms with Crippen LogP contribution in [-0.2, 0) is 11.2 Å². The summed E-state index contributed by atoms with van der Waals surface area (Å²) >= 11 is 6.17. The van der Waals surface area contributed by atoms with Gasteiger partial charge >= 0.3 is 0 Å². The standard InChI is InChI=1S/C24H22ClNO3/c1-29-21-11-5-3-7-16(21)9-6-12-22(27)26-15-18(14-25)23-20(26)13-17-8-2-4-10-19(17)24(23)28/h2-8,10-13,18,28H,9,14-15H2,1H3/b12-6+. The number of hydrogen-bond donors (Lipinski definition) is 1. The number of methoxy groups -OCH3 is 1. The molecule has 1 unspecified atom stereocenters. The highest BCUT2D eigenvalue weighted by atomic mass is 35.5. The fraction of sp³-hybridized carbons (Fsp3) is 0.208. The molecule has 1 atom stereocenters. The highest BCUT2D eigenvalue weighted by molar-refractivity contribution is 6.19. The third kappa shape index (κ3) is 3.56. The van der Waals surface area contributed by atoms with Crippen molar-refractivity contribution in [2.24, 2.45) is 0 Å². The number of fused-ring (bicyclic) bond motifs is 2. The van der Waals surface area contributed by atoms with E-state index in [4.69, 9.17) is 16.3 Å². The summed E-state index contributed by atoms with van der Waals surface area (Å²) in [7, 11) is 1.64. The van der Waals surface area contributed by atoms with Gasteiger partial charge in [0.15, 0.2) is 0 Å². The number of nitrogens with zero attached hydrogens (tertiary/aromatic N) is 1. The smallest absolute Gasteiger partial charge is 0.250 e. The summed E-state index contributed by atoms with van der Waals surface area (Å²) in [6.45, 7) is 0.459. The van der Waals surface area contributed by atoms with Gasteiger partial charge in [-0.3, -0.25) is 4.79 Å². The second kappa shape index (κ2) is 8.18. The summed E-state index contributed by atoms with van der Waals surface area (Å²) < 4.78 is 5.36. The predicted octanol–water partition coefficient (Wildman–Crippen LogP) is 5.02. The van der Waals surface area contributed by atoms with Crippen LogP contribution < -0.4 is 9.64 Å². The highest BCUT2D eigenvalue weighted by Gasteiger charge is 2.34. The van der Waals surface area contributed by atoms with Crippen molar-refractivity contribution in [3.8, 4) is 11.5 Å². The van der Waals surface area contributed by atoms with Crippen molar-refractivity contribution in [1.82, 2.24) is 0 Å². The Bertz CT molecular complexity index is 1090. The molecule has 0 saturated heterocycles. The lowest BCUT2D eigenvalue weighted by atomic mass is 9.97. The number of hydrogen-bond acceptors (Lipinski definition) is 3. The molecule has 0 bridgehead atoms.